The Morgan fingerprint density at radius 2 is 2.00 bits per heavy atom. The minimum atomic E-state index is -0.0807. The predicted molar refractivity (Wildman–Crippen MR) is 79.5 cm³/mol. The lowest BCUT2D eigenvalue weighted by Crippen LogP contribution is -2.45. The lowest BCUT2D eigenvalue weighted by molar-refractivity contribution is 0.246. The Morgan fingerprint density at radius 1 is 1.32 bits per heavy atom. The van der Waals surface area contributed by atoms with Crippen molar-refractivity contribution < 1.29 is 4.79 Å². The summed E-state index contributed by atoms with van der Waals surface area (Å²) >= 11 is 0. The van der Waals surface area contributed by atoms with Crippen LogP contribution in [0.15, 0.2) is 30.5 Å². The van der Waals surface area contributed by atoms with Crippen molar-refractivity contribution in [2.75, 3.05) is 11.4 Å². The first kappa shape index (κ1) is 13.7. The zero-order valence-corrected chi connectivity index (χ0v) is 12.2. The molecule has 0 spiro atoms. The van der Waals surface area contributed by atoms with Crippen molar-refractivity contribution in [3.63, 3.8) is 0 Å². The molecule has 2 amide bonds. The molecule has 0 aliphatic carbocycles. The Hall–Kier alpha value is -1.77. The van der Waals surface area contributed by atoms with Gasteiger partial charge >= 0.3 is 6.03 Å². The van der Waals surface area contributed by atoms with Gasteiger partial charge in [-0.1, -0.05) is 39.5 Å². The summed E-state index contributed by atoms with van der Waals surface area (Å²) in [5, 5.41) is 2.79. The number of urea groups is 1. The average molecular weight is 258 g/mol. The van der Waals surface area contributed by atoms with Gasteiger partial charge in [-0.05, 0) is 29.5 Å². The van der Waals surface area contributed by atoms with E-state index in [9.17, 15) is 4.79 Å². The molecule has 0 saturated carbocycles. The fourth-order valence-corrected chi connectivity index (χ4v) is 2.28. The maximum atomic E-state index is 12.0. The highest BCUT2D eigenvalue weighted by atomic mass is 16.2. The van der Waals surface area contributed by atoms with E-state index in [1.807, 2.05) is 6.07 Å². The van der Waals surface area contributed by atoms with Crippen molar-refractivity contribution in [1.29, 1.82) is 0 Å². The van der Waals surface area contributed by atoms with E-state index in [1.54, 1.807) is 4.90 Å². The van der Waals surface area contributed by atoms with Crippen LogP contribution in [0.25, 0.3) is 0 Å². The van der Waals surface area contributed by atoms with Crippen molar-refractivity contribution in [2.45, 2.75) is 39.5 Å². The second kappa shape index (κ2) is 4.72. The molecule has 19 heavy (non-hydrogen) atoms. The van der Waals surface area contributed by atoms with E-state index in [1.165, 1.54) is 5.56 Å². The van der Waals surface area contributed by atoms with Crippen molar-refractivity contribution in [1.82, 2.24) is 5.32 Å². The molecule has 2 rings (SSSR count). The number of aryl methyl sites for hydroxylation is 1. The van der Waals surface area contributed by atoms with E-state index in [-0.39, 0.29) is 11.4 Å². The van der Waals surface area contributed by atoms with Crippen LogP contribution in [0.1, 0.15) is 38.3 Å². The summed E-state index contributed by atoms with van der Waals surface area (Å²) in [6, 6.07) is 6.25. The molecule has 1 heterocycles. The molecule has 1 aromatic rings. The number of nitrogens with zero attached hydrogens (tertiary/aromatic N) is 1. The summed E-state index contributed by atoms with van der Waals surface area (Å²) in [4.78, 5) is 13.8. The Balaban J connectivity index is 2.31. The molecule has 3 heteroatoms. The van der Waals surface area contributed by atoms with Gasteiger partial charge in [0.2, 0.25) is 0 Å². The molecule has 1 N–H and O–H groups in total. The Kier molecular flexibility index (Phi) is 3.40. The maximum Gasteiger partial charge on any atom is 0.326 e. The second-order valence-electron chi connectivity index (χ2n) is 6.19. The summed E-state index contributed by atoms with van der Waals surface area (Å²) < 4.78 is 0. The monoisotopic (exact) mass is 258 g/mol. The summed E-state index contributed by atoms with van der Waals surface area (Å²) in [5.74, 6) is 0. The molecule has 1 aromatic carbocycles. The van der Waals surface area contributed by atoms with E-state index in [0.29, 0.717) is 6.54 Å². The van der Waals surface area contributed by atoms with Crippen LogP contribution in [0.4, 0.5) is 10.5 Å². The van der Waals surface area contributed by atoms with Gasteiger partial charge in [-0.25, -0.2) is 4.79 Å². The first-order valence-electron chi connectivity index (χ1n) is 6.66. The molecule has 0 unspecified atom stereocenters. The lowest BCUT2D eigenvalue weighted by atomic mass is 9.86. The van der Waals surface area contributed by atoms with Crippen LogP contribution in [-0.4, -0.2) is 12.6 Å². The van der Waals surface area contributed by atoms with Gasteiger partial charge in [0.25, 0.3) is 0 Å². The molecule has 1 aliphatic heterocycles. The van der Waals surface area contributed by atoms with Gasteiger partial charge < -0.3 is 5.32 Å². The third kappa shape index (κ3) is 2.80. The summed E-state index contributed by atoms with van der Waals surface area (Å²) in [7, 11) is 0. The maximum absolute atomic E-state index is 12.0. The van der Waals surface area contributed by atoms with E-state index in [0.717, 1.165) is 23.4 Å². The fraction of sp³-hybridized carbons (Fsp3) is 0.438. The molecule has 1 saturated heterocycles. The van der Waals surface area contributed by atoms with Crippen molar-refractivity contribution in [3.05, 3.63) is 41.6 Å². The molecular formula is C16H22N2O. The van der Waals surface area contributed by atoms with Crippen molar-refractivity contribution >= 4 is 11.7 Å². The molecule has 0 radical (unpaired) electrons. The average Bonchev–Trinajstić information content (AvgIpc) is 2.28. The van der Waals surface area contributed by atoms with Crippen molar-refractivity contribution in [3.8, 4) is 0 Å². The normalized spacial score (nSPS) is 16.5. The number of nitrogens with one attached hydrogen (secondary N) is 1. The Morgan fingerprint density at radius 3 is 2.53 bits per heavy atom. The van der Waals surface area contributed by atoms with Gasteiger partial charge in [0.1, 0.15) is 0 Å². The molecular weight excluding hydrogens is 236 g/mol. The minimum absolute atomic E-state index is 0.0807. The zero-order chi connectivity index (χ0) is 14.2. The highest BCUT2D eigenvalue weighted by molar-refractivity contribution is 5.94. The third-order valence-electron chi connectivity index (χ3n) is 3.52. The minimum Gasteiger partial charge on any atom is -0.312 e. The SMILES string of the molecule is C=C1CCN(c2ccc(C(C)(C)C)cc2C)C(=O)N1. The second-order valence-corrected chi connectivity index (χ2v) is 6.19. The first-order valence-corrected chi connectivity index (χ1v) is 6.66. The quantitative estimate of drug-likeness (QED) is 0.818. The van der Waals surface area contributed by atoms with E-state index < -0.39 is 0 Å². The van der Waals surface area contributed by atoms with Crippen LogP contribution in [-0.2, 0) is 5.41 Å². The molecule has 0 bridgehead atoms. The summed E-state index contributed by atoms with van der Waals surface area (Å²) in [6.45, 7) is 13.1. The summed E-state index contributed by atoms with van der Waals surface area (Å²) in [6.07, 6.45) is 0.798. The van der Waals surface area contributed by atoms with E-state index in [4.69, 9.17) is 0 Å². The molecule has 102 valence electrons. The van der Waals surface area contributed by atoms with Crippen LogP contribution in [0.2, 0.25) is 0 Å². The van der Waals surface area contributed by atoms with Crippen LogP contribution in [0.3, 0.4) is 0 Å². The number of rotatable bonds is 1. The molecule has 1 fully saturated rings. The smallest absolute Gasteiger partial charge is 0.312 e. The van der Waals surface area contributed by atoms with Gasteiger partial charge in [-0.2, -0.15) is 0 Å². The number of anilines is 1. The number of amides is 2. The first-order chi connectivity index (χ1) is 8.79. The largest absolute Gasteiger partial charge is 0.326 e. The summed E-state index contributed by atoms with van der Waals surface area (Å²) in [5.41, 5.74) is 4.33. The van der Waals surface area contributed by atoms with Crippen LogP contribution in [0, 0.1) is 6.92 Å². The molecule has 0 atom stereocenters. The van der Waals surface area contributed by atoms with E-state index in [2.05, 4.69) is 51.7 Å². The number of carbonyl (C=O) groups is 1. The number of carbonyl (C=O) groups excluding carboxylic acids is 1. The van der Waals surface area contributed by atoms with Crippen molar-refractivity contribution in [2.24, 2.45) is 0 Å². The van der Waals surface area contributed by atoms with E-state index >= 15 is 0 Å². The Labute approximate surface area is 115 Å². The fourth-order valence-electron chi connectivity index (χ4n) is 2.28. The topological polar surface area (TPSA) is 32.3 Å². The highest BCUT2D eigenvalue weighted by Gasteiger charge is 2.23. The standard InChI is InChI=1S/C16H22N2O/c1-11-10-13(16(3,4)5)6-7-14(11)18-9-8-12(2)17-15(18)19/h6-7,10H,2,8-9H2,1,3-5H3,(H,17,19). The molecule has 0 aromatic heterocycles. The highest BCUT2D eigenvalue weighted by Crippen LogP contribution is 2.29. The van der Waals surface area contributed by atoms with Gasteiger partial charge in [-0.15, -0.1) is 0 Å². The zero-order valence-electron chi connectivity index (χ0n) is 12.2. The Bertz CT molecular complexity index is 526. The molecule has 1 aliphatic rings. The van der Waals surface area contributed by atoms with Crippen LogP contribution >= 0.6 is 0 Å². The van der Waals surface area contributed by atoms with Crippen LogP contribution in [0.5, 0.6) is 0 Å². The van der Waals surface area contributed by atoms with Gasteiger partial charge in [0, 0.05) is 24.4 Å². The van der Waals surface area contributed by atoms with Gasteiger partial charge in [-0.3, -0.25) is 4.90 Å². The van der Waals surface area contributed by atoms with Gasteiger partial charge in [0.15, 0.2) is 0 Å². The predicted octanol–water partition coefficient (Wildman–Crippen LogP) is 3.73. The van der Waals surface area contributed by atoms with Crippen LogP contribution < -0.4 is 10.2 Å². The molecule has 3 nitrogen and oxygen atoms in total. The lowest BCUT2D eigenvalue weighted by Gasteiger charge is -2.30. The number of hydrogen-bond donors (Lipinski definition) is 1. The van der Waals surface area contributed by atoms with Gasteiger partial charge in [0.05, 0.1) is 0 Å². The number of hydrogen-bond acceptors (Lipinski definition) is 1. The third-order valence-corrected chi connectivity index (χ3v) is 3.52. The number of benzene rings is 1.